The highest BCUT2D eigenvalue weighted by molar-refractivity contribution is 6.04. The summed E-state index contributed by atoms with van der Waals surface area (Å²) >= 11 is 0. The van der Waals surface area contributed by atoms with Gasteiger partial charge in [0.15, 0.2) is 0 Å². The van der Waals surface area contributed by atoms with E-state index in [1.165, 1.54) is 0 Å². The molecule has 1 amide bonds. The SMILES string of the molecule is Cc1ccc(C)c(NC(=O)c2ccc(OC(=O)C(C)C)cc2)c1. The van der Waals surface area contributed by atoms with Crippen LogP contribution in [0.3, 0.4) is 0 Å². The molecule has 0 aromatic heterocycles. The molecule has 0 unspecified atom stereocenters. The fourth-order valence-electron chi connectivity index (χ4n) is 1.97. The van der Waals surface area contributed by atoms with Crippen molar-refractivity contribution in [2.75, 3.05) is 5.32 Å². The number of amides is 1. The zero-order chi connectivity index (χ0) is 17.0. The van der Waals surface area contributed by atoms with E-state index in [9.17, 15) is 9.59 Å². The maximum absolute atomic E-state index is 12.3. The van der Waals surface area contributed by atoms with Crippen molar-refractivity contribution >= 4 is 17.6 Å². The van der Waals surface area contributed by atoms with Crippen LogP contribution in [-0.2, 0) is 4.79 Å². The molecule has 1 N–H and O–H groups in total. The van der Waals surface area contributed by atoms with Crippen molar-refractivity contribution in [2.45, 2.75) is 27.7 Å². The maximum atomic E-state index is 12.3. The Morgan fingerprint density at radius 1 is 1.00 bits per heavy atom. The van der Waals surface area contributed by atoms with Gasteiger partial charge in [-0.25, -0.2) is 0 Å². The third kappa shape index (κ3) is 4.42. The van der Waals surface area contributed by atoms with Crippen molar-refractivity contribution in [1.82, 2.24) is 0 Å². The number of benzene rings is 2. The van der Waals surface area contributed by atoms with Crippen LogP contribution < -0.4 is 10.1 Å². The van der Waals surface area contributed by atoms with Gasteiger partial charge in [-0.1, -0.05) is 26.0 Å². The first-order valence-electron chi connectivity index (χ1n) is 7.57. The lowest BCUT2D eigenvalue weighted by molar-refractivity contribution is -0.137. The monoisotopic (exact) mass is 311 g/mol. The maximum Gasteiger partial charge on any atom is 0.313 e. The van der Waals surface area contributed by atoms with E-state index in [-0.39, 0.29) is 17.8 Å². The van der Waals surface area contributed by atoms with Crippen LogP contribution in [-0.4, -0.2) is 11.9 Å². The molecule has 2 aromatic rings. The van der Waals surface area contributed by atoms with E-state index in [4.69, 9.17) is 4.74 Å². The predicted octanol–water partition coefficient (Wildman–Crippen LogP) is 4.12. The van der Waals surface area contributed by atoms with Crippen LogP contribution in [0.4, 0.5) is 5.69 Å². The number of hydrogen-bond donors (Lipinski definition) is 1. The van der Waals surface area contributed by atoms with Crippen molar-refractivity contribution in [3.63, 3.8) is 0 Å². The van der Waals surface area contributed by atoms with Crippen LogP contribution in [0.15, 0.2) is 42.5 Å². The van der Waals surface area contributed by atoms with Gasteiger partial charge < -0.3 is 10.1 Å². The van der Waals surface area contributed by atoms with Crippen LogP contribution in [0.1, 0.15) is 35.3 Å². The number of carbonyl (C=O) groups is 2. The zero-order valence-corrected chi connectivity index (χ0v) is 13.8. The lowest BCUT2D eigenvalue weighted by atomic mass is 10.1. The van der Waals surface area contributed by atoms with E-state index in [1.54, 1.807) is 38.1 Å². The molecule has 23 heavy (non-hydrogen) atoms. The second-order valence-corrected chi connectivity index (χ2v) is 5.87. The topological polar surface area (TPSA) is 55.4 Å². The Morgan fingerprint density at radius 3 is 2.26 bits per heavy atom. The number of esters is 1. The Kier molecular flexibility index (Phi) is 5.16. The smallest absolute Gasteiger partial charge is 0.313 e. The second-order valence-electron chi connectivity index (χ2n) is 5.87. The molecule has 0 atom stereocenters. The summed E-state index contributed by atoms with van der Waals surface area (Å²) in [5, 5.41) is 2.90. The molecule has 2 rings (SSSR count). The Balaban J connectivity index is 2.08. The van der Waals surface area contributed by atoms with Gasteiger partial charge in [0.1, 0.15) is 5.75 Å². The first-order chi connectivity index (χ1) is 10.9. The van der Waals surface area contributed by atoms with Crippen LogP contribution in [0.2, 0.25) is 0 Å². The Labute approximate surface area is 136 Å². The number of aryl methyl sites for hydroxylation is 2. The zero-order valence-electron chi connectivity index (χ0n) is 13.8. The summed E-state index contributed by atoms with van der Waals surface area (Å²) < 4.78 is 5.19. The van der Waals surface area contributed by atoms with Gasteiger partial charge in [0.05, 0.1) is 5.92 Å². The molecule has 0 radical (unpaired) electrons. The molecule has 0 aliphatic heterocycles. The minimum Gasteiger partial charge on any atom is -0.426 e. The van der Waals surface area contributed by atoms with Crippen molar-refractivity contribution in [3.8, 4) is 5.75 Å². The number of rotatable bonds is 4. The summed E-state index contributed by atoms with van der Waals surface area (Å²) in [5.41, 5.74) is 3.40. The third-order valence-corrected chi connectivity index (χ3v) is 3.45. The number of carbonyl (C=O) groups excluding carboxylic acids is 2. The first kappa shape index (κ1) is 16.7. The van der Waals surface area contributed by atoms with Gasteiger partial charge in [0, 0.05) is 11.3 Å². The highest BCUT2D eigenvalue weighted by Gasteiger charge is 2.11. The minimum atomic E-state index is -0.294. The fourth-order valence-corrected chi connectivity index (χ4v) is 1.97. The highest BCUT2D eigenvalue weighted by atomic mass is 16.5. The van der Waals surface area contributed by atoms with E-state index in [0.717, 1.165) is 16.8 Å². The Bertz CT molecular complexity index is 718. The minimum absolute atomic E-state index is 0.192. The molecule has 4 nitrogen and oxygen atoms in total. The van der Waals surface area contributed by atoms with Crippen molar-refractivity contribution in [2.24, 2.45) is 5.92 Å². The summed E-state index contributed by atoms with van der Waals surface area (Å²) in [6.07, 6.45) is 0. The summed E-state index contributed by atoms with van der Waals surface area (Å²) in [7, 11) is 0. The second kappa shape index (κ2) is 7.09. The molecule has 2 aromatic carbocycles. The predicted molar refractivity (Wildman–Crippen MR) is 90.8 cm³/mol. The highest BCUT2D eigenvalue weighted by Crippen LogP contribution is 2.19. The molecule has 0 aliphatic carbocycles. The van der Waals surface area contributed by atoms with Gasteiger partial charge in [-0.3, -0.25) is 9.59 Å². The molecule has 0 bridgehead atoms. The Morgan fingerprint density at radius 2 is 1.65 bits per heavy atom. The average Bonchev–Trinajstić information content (AvgIpc) is 2.51. The van der Waals surface area contributed by atoms with Gasteiger partial charge in [-0.05, 0) is 55.3 Å². The number of nitrogens with one attached hydrogen (secondary N) is 1. The summed E-state index contributed by atoms with van der Waals surface area (Å²) in [4.78, 5) is 23.8. The number of hydrogen-bond acceptors (Lipinski definition) is 3. The molecule has 4 heteroatoms. The molecule has 120 valence electrons. The van der Waals surface area contributed by atoms with Gasteiger partial charge in [-0.2, -0.15) is 0 Å². The van der Waals surface area contributed by atoms with Crippen molar-refractivity contribution in [3.05, 3.63) is 59.2 Å². The van der Waals surface area contributed by atoms with Gasteiger partial charge in [0.2, 0.25) is 0 Å². The normalized spacial score (nSPS) is 10.5. The van der Waals surface area contributed by atoms with E-state index in [1.807, 2.05) is 32.0 Å². The van der Waals surface area contributed by atoms with E-state index < -0.39 is 0 Å². The van der Waals surface area contributed by atoms with Gasteiger partial charge in [-0.15, -0.1) is 0 Å². The van der Waals surface area contributed by atoms with Crippen LogP contribution in [0.25, 0.3) is 0 Å². The lowest BCUT2D eigenvalue weighted by Gasteiger charge is -2.10. The average molecular weight is 311 g/mol. The summed E-state index contributed by atoms with van der Waals surface area (Å²) in [6.45, 7) is 7.47. The molecule has 0 saturated carbocycles. The first-order valence-corrected chi connectivity index (χ1v) is 7.57. The van der Waals surface area contributed by atoms with E-state index in [2.05, 4.69) is 5.32 Å². The Hall–Kier alpha value is -2.62. The van der Waals surface area contributed by atoms with Crippen molar-refractivity contribution in [1.29, 1.82) is 0 Å². The summed E-state index contributed by atoms with van der Waals surface area (Å²) in [6, 6.07) is 12.4. The number of anilines is 1. The molecular formula is C19H21NO3. The molecule has 0 spiro atoms. The molecule has 0 saturated heterocycles. The fraction of sp³-hybridized carbons (Fsp3) is 0.263. The quantitative estimate of drug-likeness (QED) is 0.682. The third-order valence-electron chi connectivity index (χ3n) is 3.45. The standard InChI is InChI=1S/C19H21NO3/c1-12(2)19(22)23-16-9-7-15(8-10-16)18(21)20-17-11-13(3)5-6-14(17)4/h5-12H,1-4H3,(H,20,21). The number of ether oxygens (including phenoxy) is 1. The summed E-state index contributed by atoms with van der Waals surface area (Å²) in [5.74, 6) is -0.243. The largest absolute Gasteiger partial charge is 0.426 e. The van der Waals surface area contributed by atoms with E-state index >= 15 is 0 Å². The van der Waals surface area contributed by atoms with Gasteiger partial charge in [0.25, 0.3) is 5.91 Å². The van der Waals surface area contributed by atoms with Crippen LogP contribution >= 0.6 is 0 Å². The van der Waals surface area contributed by atoms with Gasteiger partial charge >= 0.3 is 5.97 Å². The molecule has 0 fully saturated rings. The van der Waals surface area contributed by atoms with Crippen LogP contribution in [0, 0.1) is 19.8 Å². The van der Waals surface area contributed by atoms with E-state index in [0.29, 0.717) is 11.3 Å². The lowest BCUT2D eigenvalue weighted by Crippen LogP contribution is -2.15. The molecular weight excluding hydrogens is 290 g/mol. The molecule has 0 heterocycles. The van der Waals surface area contributed by atoms with Crippen LogP contribution in [0.5, 0.6) is 5.75 Å². The van der Waals surface area contributed by atoms with Crippen molar-refractivity contribution < 1.29 is 14.3 Å². The molecule has 0 aliphatic rings.